The van der Waals surface area contributed by atoms with Gasteiger partial charge in [-0.3, -0.25) is 10.1 Å². The van der Waals surface area contributed by atoms with Crippen molar-refractivity contribution in [1.29, 1.82) is 0 Å². The fourth-order valence-electron chi connectivity index (χ4n) is 2.67. The maximum absolute atomic E-state index is 10.9. The van der Waals surface area contributed by atoms with Crippen molar-refractivity contribution >= 4 is 11.4 Å². The lowest BCUT2D eigenvalue weighted by Gasteiger charge is -2.21. The number of ether oxygens (including phenoxy) is 1. The van der Waals surface area contributed by atoms with E-state index in [9.17, 15) is 10.1 Å². The SMILES string of the molecule is COc1cc(NCC(C)CN2CCCC2)cc([N+](=O)[O-])c1. The minimum atomic E-state index is -0.401. The summed E-state index contributed by atoms with van der Waals surface area (Å²) in [4.78, 5) is 13.0. The Morgan fingerprint density at radius 3 is 2.71 bits per heavy atom. The molecule has 1 aliphatic rings. The van der Waals surface area contributed by atoms with Crippen molar-refractivity contribution in [2.24, 2.45) is 5.92 Å². The smallest absolute Gasteiger partial charge is 0.275 e. The molecule has 1 unspecified atom stereocenters. The molecule has 1 saturated heterocycles. The van der Waals surface area contributed by atoms with Crippen LogP contribution in [0.2, 0.25) is 0 Å². The largest absolute Gasteiger partial charge is 0.496 e. The van der Waals surface area contributed by atoms with Crippen LogP contribution < -0.4 is 10.1 Å². The van der Waals surface area contributed by atoms with E-state index in [1.807, 2.05) is 0 Å². The van der Waals surface area contributed by atoms with Gasteiger partial charge in [0.25, 0.3) is 5.69 Å². The summed E-state index contributed by atoms with van der Waals surface area (Å²) in [5, 5.41) is 14.2. The number of likely N-dealkylation sites (tertiary alicyclic amines) is 1. The quantitative estimate of drug-likeness (QED) is 0.618. The normalized spacial score (nSPS) is 16.7. The standard InChI is InChI=1S/C15H23N3O3/c1-12(11-17-5-3-4-6-17)10-16-13-7-14(18(19)20)9-15(8-13)21-2/h7-9,12,16H,3-6,10-11H2,1-2H3. The lowest BCUT2D eigenvalue weighted by Crippen LogP contribution is -2.28. The summed E-state index contributed by atoms with van der Waals surface area (Å²) in [6.07, 6.45) is 2.59. The van der Waals surface area contributed by atoms with Gasteiger partial charge in [0.1, 0.15) is 5.75 Å². The molecule has 0 amide bonds. The zero-order valence-electron chi connectivity index (χ0n) is 12.7. The van der Waals surface area contributed by atoms with E-state index in [2.05, 4.69) is 17.1 Å². The zero-order valence-corrected chi connectivity index (χ0v) is 12.7. The Bertz CT molecular complexity index is 487. The molecule has 0 spiro atoms. The highest BCUT2D eigenvalue weighted by Gasteiger charge is 2.15. The Morgan fingerprint density at radius 1 is 1.38 bits per heavy atom. The van der Waals surface area contributed by atoms with E-state index in [-0.39, 0.29) is 5.69 Å². The molecule has 0 aliphatic carbocycles. The number of hydrogen-bond donors (Lipinski definition) is 1. The molecule has 6 nitrogen and oxygen atoms in total. The van der Waals surface area contributed by atoms with Gasteiger partial charge in [0.05, 0.1) is 18.1 Å². The summed E-state index contributed by atoms with van der Waals surface area (Å²) in [5.74, 6) is 0.993. The van der Waals surface area contributed by atoms with Gasteiger partial charge in [-0.15, -0.1) is 0 Å². The number of rotatable bonds is 7. The molecular formula is C15H23N3O3. The fourth-order valence-corrected chi connectivity index (χ4v) is 2.67. The lowest BCUT2D eigenvalue weighted by molar-refractivity contribution is -0.384. The first kappa shape index (κ1) is 15.6. The summed E-state index contributed by atoms with van der Waals surface area (Å²) in [7, 11) is 1.51. The maximum Gasteiger partial charge on any atom is 0.275 e. The van der Waals surface area contributed by atoms with Crippen LogP contribution in [-0.4, -0.2) is 43.1 Å². The molecule has 0 saturated carbocycles. The summed E-state index contributed by atoms with van der Waals surface area (Å²) in [5.41, 5.74) is 0.776. The van der Waals surface area contributed by atoms with Gasteiger partial charge in [0.2, 0.25) is 0 Å². The molecule has 1 aromatic carbocycles. The summed E-state index contributed by atoms with van der Waals surface area (Å²) >= 11 is 0. The molecule has 2 rings (SSSR count). The van der Waals surface area contributed by atoms with E-state index in [1.165, 1.54) is 39.1 Å². The second-order valence-electron chi connectivity index (χ2n) is 5.67. The molecule has 1 heterocycles. The van der Waals surface area contributed by atoms with Gasteiger partial charge in [-0.1, -0.05) is 6.92 Å². The van der Waals surface area contributed by atoms with Crippen LogP contribution in [0.25, 0.3) is 0 Å². The van der Waals surface area contributed by atoms with Crippen LogP contribution in [0.5, 0.6) is 5.75 Å². The molecule has 6 heteroatoms. The van der Waals surface area contributed by atoms with Crippen LogP contribution in [0.3, 0.4) is 0 Å². The number of nitro benzene ring substituents is 1. The van der Waals surface area contributed by atoms with Crippen molar-refractivity contribution in [3.8, 4) is 5.75 Å². The number of benzene rings is 1. The maximum atomic E-state index is 10.9. The third-order valence-corrected chi connectivity index (χ3v) is 3.76. The number of methoxy groups -OCH3 is 1. The molecule has 21 heavy (non-hydrogen) atoms. The summed E-state index contributed by atoms with van der Waals surface area (Å²) in [6, 6.07) is 4.76. The number of anilines is 1. The van der Waals surface area contributed by atoms with Crippen molar-refractivity contribution in [1.82, 2.24) is 4.90 Å². The minimum absolute atomic E-state index is 0.0454. The predicted octanol–water partition coefficient (Wildman–Crippen LogP) is 2.75. The average Bonchev–Trinajstić information content (AvgIpc) is 2.97. The highest BCUT2D eigenvalue weighted by molar-refractivity contribution is 5.56. The van der Waals surface area contributed by atoms with E-state index < -0.39 is 4.92 Å². The molecule has 0 aromatic heterocycles. The Hall–Kier alpha value is -1.82. The van der Waals surface area contributed by atoms with E-state index in [4.69, 9.17) is 4.74 Å². The Kier molecular flexibility index (Phi) is 5.38. The second-order valence-corrected chi connectivity index (χ2v) is 5.67. The molecule has 0 radical (unpaired) electrons. The molecule has 0 bridgehead atoms. The van der Waals surface area contributed by atoms with Crippen LogP contribution in [-0.2, 0) is 0 Å². The number of hydrogen-bond acceptors (Lipinski definition) is 5. The monoisotopic (exact) mass is 293 g/mol. The molecule has 1 aromatic rings. The van der Waals surface area contributed by atoms with E-state index in [1.54, 1.807) is 12.1 Å². The molecule has 1 fully saturated rings. The zero-order chi connectivity index (χ0) is 15.2. The van der Waals surface area contributed by atoms with Crippen molar-refractivity contribution in [3.63, 3.8) is 0 Å². The first-order chi connectivity index (χ1) is 10.1. The highest BCUT2D eigenvalue weighted by Crippen LogP contribution is 2.26. The number of nitrogens with one attached hydrogen (secondary N) is 1. The van der Waals surface area contributed by atoms with Crippen LogP contribution in [0.15, 0.2) is 18.2 Å². The Morgan fingerprint density at radius 2 is 2.10 bits per heavy atom. The first-order valence-corrected chi connectivity index (χ1v) is 7.38. The predicted molar refractivity (Wildman–Crippen MR) is 83.0 cm³/mol. The highest BCUT2D eigenvalue weighted by atomic mass is 16.6. The van der Waals surface area contributed by atoms with Gasteiger partial charge in [0.15, 0.2) is 0 Å². The number of nitro groups is 1. The molecular weight excluding hydrogens is 270 g/mol. The van der Waals surface area contributed by atoms with Crippen LogP contribution in [0.1, 0.15) is 19.8 Å². The lowest BCUT2D eigenvalue weighted by atomic mass is 10.1. The van der Waals surface area contributed by atoms with Gasteiger partial charge in [-0.2, -0.15) is 0 Å². The molecule has 1 atom stereocenters. The molecule has 1 aliphatic heterocycles. The topological polar surface area (TPSA) is 67.6 Å². The van der Waals surface area contributed by atoms with E-state index in [0.29, 0.717) is 11.7 Å². The van der Waals surface area contributed by atoms with Gasteiger partial charge < -0.3 is 15.0 Å². The minimum Gasteiger partial charge on any atom is -0.496 e. The summed E-state index contributed by atoms with van der Waals surface area (Å²) < 4.78 is 5.11. The second kappa shape index (κ2) is 7.26. The first-order valence-electron chi connectivity index (χ1n) is 7.38. The Labute approximate surface area is 125 Å². The van der Waals surface area contributed by atoms with Crippen LogP contribution in [0.4, 0.5) is 11.4 Å². The van der Waals surface area contributed by atoms with Crippen molar-refractivity contribution in [2.45, 2.75) is 19.8 Å². The molecule has 116 valence electrons. The van der Waals surface area contributed by atoms with Gasteiger partial charge in [0, 0.05) is 30.9 Å². The molecule has 1 N–H and O–H groups in total. The average molecular weight is 293 g/mol. The van der Waals surface area contributed by atoms with Crippen LogP contribution >= 0.6 is 0 Å². The Balaban J connectivity index is 1.92. The fraction of sp³-hybridized carbons (Fsp3) is 0.600. The van der Waals surface area contributed by atoms with E-state index >= 15 is 0 Å². The van der Waals surface area contributed by atoms with Gasteiger partial charge in [-0.05, 0) is 31.8 Å². The third-order valence-electron chi connectivity index (χ3n) is 3.76. The van der Waals surface area contributed by atoms with Crippen molar-refractivity contribution < 1.29 is 9.66 Å². The summed E-state index contributed by atoms with van der Waals surface area (Å²) in [6.45, 7) is 6.43. The number of nitrogens with zero attached hydrogens (tertiary/aromatic N) is 2. The number of non-ortho nitro benzene ring substituents is 1. The van der Waals surface area contributed by atoms with Crippen LogP contribution in [0, 0.1) is 16.0 Å². The van der Waals surface area contributed by atoms with Crippen molar-refractivity contribution in [3.05, 3.63) is 28.3 Å². The van der Waals surface area contributed by atoms with Gasteiger partial charge in [-0.25, -0.2) is 0 Å². The van der Waals surface area contributed by atoms with E-state index in [0.717, 1.165) is 18.8 Å². The van der Waals surface area contributed by atoms with Crippen molar-refractivity contribution in [2.75, 3.05) is 38.6 Å². The third kappa shape index (κ3) is 4.60. The van der Waals surface area contributed by atoms with Gasteiger partial charge >= 0.3 is 0 Å².